The molecule has 0 atom stereocenters. The molecule has 2 rings (SSSR count). The molecule has 104 valence electrons. The largest absolute Gasteiger partial charge is 0.487 e. The minimum atomic E-state index is -5.48. The average Bonchev–Trinajstić information content (AvgIpc) is 2.45. The SMILES string of the molecule is FC1(F)C=C(OCc2ccccc2)C(F)(F)C1(F)F. The molecule has 0 unspecified atom stereocenters. The van der Waals surface area contributed by atoms with Crippen LogP contribution in [0.25, 0.3) is 0 Å². The molecule has 0 aromatic heterocycles. The molecule has 0 aliphatic heterocycles. The molecule has 1 aliphatic carbocycles. The molecule has 1 aromatic rings. The Kier molecular flexibility index (Phi) is 3.03. The van der Waals surface area contributed by atoms with Gasteiger partial charge in [0.1, 0.15) is 6.61 Å². The molecule has 0 saturated carbocycles. The van der Waals surface area contributed by atoms with Gasteiger partial charge in [-0.15, -0.1) is 0 Å². The second kappa shape index (κ2) is 4.18. The Hall–Kier alpha value is -1.66. The lowest BCUT2D eigenvalue weighted by atomic mass is 10.2. The summed E-state index contributed by atoms with van der Waals surface area (Å²) in [7, 11) is 0. The monoisotopic (exact) mass is 282 g/mol. The van der Waals surface area contributed by atoms with E-state index in [-0.39, 0.29) is 0 Å². The summed E-state index contributed by atoms with van der Waals surface area (Å²) in [6.45, 7) is -0.492. The van der Waals surface area contributed by atoms with E-state index < -0.39 is 36.2 Å². The van der Waals surface area contributed by atoms with Crippen LogP contribution in [0.1, 0.15) is 5.56 Å². The Morgan fingerprint density at radius 3 is 1.95 bits per heavy atom. The maximum Gasteiger partial charge on any atom is 0.383 e. The highest BCUT2D eigenvalue weighted by Gasteiger charge is 2.78. The molecular formula is C12H8F6O. The van der Waals surface area contributed by atoms with Crippen molar-refractivity contribution in [3.63, 3.8) is 0 Å². The second-order valence-corrected chi connectivity index (χ2v) is 4.05. The van der Waals surface area contributed by atoms with Crippen LogP contribution in [0.2, 0.25) is 0 Å². The fourth-order valence-corrected chi connectivity index (χ4v) is 1.58. The van der Waals surface area contributed by atoms with Crippen molar-refractivity contribution in [2.75, 3.05) is 0 Å². The predicted octanol–water partition coefficient (Wildman–Crippen LogP) is 4.01. The topological polar surface area (TPSA) is 9.23 Å². The van der Waals surface area contributed by atoms with Crippen LogP contribution in [0, 0.1) is 0 Å². The van der Waals surface area contributed by atoms with E-state index in [2.05, 4.69) is 4.74 Å². The van der Waals surface area contributed by atoms with Gasteiger partial charge in [0.25, 0.3) is 0 Å². The van der Waals surface area contributed by atoms with E-state index in [4.69, 9.17) is 0 Å². The Morgan fingerprint density at radius 1 is 0.895 bits per heavy atom. The predicted molar refractivity (Wildman–Crippen MR) is 54.2 cm³/mol. The maximum atomic E-state index is 13.2. The fourth-order valence-electron chi connectivity index (χ4n) is 1.58. The van der Waals surface area contributed by atoms with Gasteiger partial charge in [0.2, 0.25) is 0 Å². The third kappa shape index (κ3) is 2.06. The summed E-state index contributed by atoms with van der Waals surface area (Å²) in [4.78, 5) is 0. The zero-order valence-corrected chi connectivity index (χ0v) is 9.35. The molecule has 1 nitrogen and oxygen atoms in total. The fraction of sp³-hybridized carbons (Fsp3) is 0.333. The smallest absolute Gasteiger partial charge is 0.383 e. The molecule has 0 spiro atoms. The zero-order valence-electron chi connectivity index (χ0n) is 9.35. The standard InChI is InChI=1S/C12H8F6O/c13-10(14)6-9(11(15,16)12(10,17)18)19-7-8-4-2-1-3-5-8/h1-6H,7H2. The lowest BCUT2D eigenvalue weighted by Crippen LogP contribution is -2.48. The number of hydrogen-bond acceptors (Lipinski definition) is 1. The van der Waals surface area contributed by atoms with Gasteiger partial charge < -0.3 is 4.74 Å². The van der Waals surface area contributed by atoms with Crippen molar-refractivity contribution in [1.82, 2.24) is 0 Å². The van der Waals surface area contributed by atoms with Crippen LogP contribution in [0.15, 0.2) is 42.2 Å². The van der Waals surface area contributed by atoms with Crippen LogP contribution < -0.4 is 0 Å². The number of rotatable bonds is 3. The first-order valence-corrected chi connectivity index (χ1v) is 5.22. The minimum Gasteiger partial charge on any atom is -0.487 e. The molecule has 0 bridgehead atoms. The highest BCUT2D eigenvalue weighted by Crippen LogP contribution is 2.55. The van der Waals surface area contributed by atoms with E-state index in [0.29, 0.717) is 5.56 Å². The highest BCUT2D eigenvalue weighted by molar-refractivity contribution is 5.29. The van der Waals surface area contributed by atoms with Crippen molar-refractivity contribution in [1.29, 1.82) is 0 Å². The molecule has 0 saturated heterocycles. The van der Waals surface area contributed by atoms with Gasteiger partial charge in [0, 0.05) is 6.08 Å². The third-order valence-corrected chi connectivity index (χ3v) is 2.67. The van der Waals surface area contributed by atoms with Gasteiger partial charge in [-0.05, 0) is 5.56 Å². The van der Waals surface area contributed by atoms with Gasteiger partial charge in [0.05, 0.1) is 0 Å². The van der Waals surface area contributed by atoms with Gasteiger partial charge in [-0.1, -0.05) is 30.3 Å². The molecule has 7 heteroatoms. The van der Waals surface area contributed by atoms with Crippen molar-refractivity contribution in [2.24, 2.45) is 0 Å². The number of ether oxygens (including phenoxy) is 1. The molecule has 0 heterocycles. The van der Waals surface area contributed by atoms with E-state index in [1.54, 1.807) is 18.2 Å². The Bertz CT molecular complexity index is 494. The summed E-state index contributed by atoms with van der Waals surface area (Å²) in [5.74, 6) is -17.1. The summed E-state index contributed by atoms with van der Waals surface area (Å²) in [6.07, 6.45) is -0.518. The van der Waals surface area contributed by atoms with Crippen LogP contribution >= 0.6 is 0 Å². The Morgan fingerprint density at radius 2 is 1.47 bits per heavy atom. The van der Waals surface area contributed by atoms with Gasteiger partial charge in [0.15, 0.2) is 5.76 Å². The molecule has 0 N–H and O–H groups in total. The van der Waals surface area contributed by atoms with Gasteiger partial charge in [-0.3, -0.25) is 0 Å². The van der Waals surface area contributed by atoms with Crippen LogP contribution in [0.4, 0.5) is 26.3 Å². The van der Waals surface area contributed by atoms with Crippen LogP contribution in [0.3, 0.4) is 0 Å². The van der Waals surface area contributed by atoms with E-state index in [1.807, 2.05) is 0 Å². The van der Waals surface area contributed by atoms with Crippen molar-refractivity contribution in [3.8, 4) is 0 Å². The van der Waals surface area contributed by atoms with Crippen LogP contribution in [0.5, 0.6) is 0 Å². The summed E-state index contributed by atoms with van der Waals surface area (Å²) in [5, 5.41) is 0. The minimum absolute atomic E-state index is 0.401. The quantitative estimate of drug-likeness (QED) is 0.761. The van der Waals surface area contributed by atoms with E-state index >= 15 is 0 Å². The van der Waals surface area contributed by atoms with E-state index in [1.165, 1.54) is 12.1 Å². The van der Waals surface area contributed by atoms with E-state index in [9.17, 15) is 26.3 Å². The molecule has 0 amide bonds. The lowest BCUT2D eigenvalue weighted by Gasteiger charge is -2.24. The molecule has 0 fully saturated rings. The van der Waals surface area contributed by atoms with Gasteiger partial charge in [-0.25, -0.2) is 0 Å². The summed E-state index contributed by atoms with van der Waals surface area (Å²) >= 11 is 0. The number of alkyl halides is 6. The normalized spacial score (nSPS) is 22.9. The number of benzene rings is 1. The average molecular weight is 282 g/mol. The zero-order chi connectivity index (χ0) is 14.3. The summed E-state index contributed by atoms with van der Waals surface area (Å²) in [5.41, 5.74) is 0.401. The summed E-state index contributed by atoms with van der Waals surface area (Å²) in [6, 6.07) is 7.77. The molecule has 1 aromatic carbocycles. The van der Waals surface area contributed by atoms with Crippen LogP contribution in [-0.4, -0.2) is 17.8 Å². The Balaban J connectivity index is 2.17. The first kappa shape index (κ1) is 13.8. The van der Waals surface area contributed by atoms with Gasteiger partial charge >= 0.3 is 17.8 Å². The first-order chi connectivity index (χ1) is 8.68. The molecule has 1 aliphatic rings. The van der Waals surface area contributed by atoms with Crippen molar-refractivity contribution in [2.45, 2.75) is 24.4 Å². The number of hydrogen-bond donors (Lipinski definition) is 0. The van der Waals surface area contributed by atoms with E-state index in [0.717, 1.165) is 0 Å². The number of allylic oxidation sites excluding steroid dienone is 2. The number of halogens is 6. The van der Waals surface area contributed by atoms with Crippen molar-refractivity contribution >= 4 is 0 Å². The highest BCUT2D eigenvalue weighted by atomic mass is 19.3. The molecule has 19 heavy (non-hydrogen) atoms. The first-order valence-electron chi connectivity index (χ1n) is 5.22. The maximum absolute atomic E-state index is 13.2. The van der Waals surface area contributed by atoms with Crippen molar-refractivity contribution < 1.29 is 31.1 Å². The van der Waals surface area contributed by atoms with Crippen LogP contribution in [-0.2, 0) is 11.3 Å². The van der Waals surface area contributed by atoms with Crippen molar-refractivity contribution in [3.05, 3.63) is 47.7 Å². The van der Waals surface area contributed by atoms with Gasteiger partial charge in [-0.2, -0.15) is 26.3 Å². The second-order valence-electron chi connectivity index (χ2n) is 4.05. The molecule has 0 radical (unpaired) electrons. The lowest BCUT2D eigenvalue weighted by molar-refractivity contribution is -0.270. The molecular weight excluding hydrogens is 274 g/mol. The Labute approximate surface area is 104 Å². The summed E-state index contributed by atoms with van der Waals surface area (Å²) < 4.78 is 82.1. The third-order valence-electron chi connectivity index (χ3n) is 2.67.